The molecule has 0 unspecified atom stereocenters. The predicted molar refractivity (Wildman–Crippen MR) is 155 cm³/mol. The van der Waals surface area contributed by atoms with Crippen molar-refractivity contribution in [2.24, 2.45) is 11.1 Å². The second kappa shape index (κ2) is 14.2. The van der Waals surface area contributed by atoms with Gasteiger partial charge in [-0.3, -0.25) is 9.59 Å². The number of carboxylic acids is 1. The number of Topliss-reactive ketones (excluding diaryl/α,β-unsaturated/α-hetero) is 1. The van der Waals surface area contributed by atoms with Crippen LogP contribution in [0, 0.1) is 5.41 Å². The summed E-state index contributed by atoms with van der Waals surface area (Å²) in [5, 5.41) is 28.0. The number of carboxylic acid groups (broad SMARTS) is 1. The molecule has 2 aromatic rings. The molecule has 212 valence electrons. The van der Waals surface area contributed by atoms with Crippen molar-refractivity contribution in [3.8, 4) is 0 Å². The van der Waals surface area contributed by atoms with Gasteiger partial charge in [-0.05, 0) is 72.2 Å². The molecule has 0 bridgehead atoms. The van der Waals surface area contributed by atoms with Gasteiger partial charge in [0.1, 0.15) is 5.78 Å². The zero-order chi connectivity index (χ0) is 29.4. The minimum absolute atomic E-state index is 0. The Kier molecular flexibility index (Phi) is 11.9. The Bertz CT molecular complexity index is 1120. The van der Waals surface area contributed by atoms with Crippen LogP contribution in [0.25, 0.3) is 0 Å². The summed E-state index contributed by atoms with van der Waals surface area (Å²) in [6, 6.07) is 11.5. The van der Waals surface area contributed by atoms with Crippen LogP contribution in [0.15, 0.2) is 36.4 Å². The van der Waals surface area contributed by atoms with Gasteiger partial charge in [0.25, 0.3) is 0 Å². The Labute approximate surface area is 233 Å². The van der Waals surface area contributed by atoms with Crippen molar-refractivity contribution in [2.75, 3.05) is 0 Å². The van der Waals surface area contributed by atoms with E-state index in [1.165, 1.54) is 0 Å². The quantitative estimate of drug-likeness (QED) is 0.394. The lowest BCUT2D eigenvalue weighted by Gasteiger charge is -2.17. The molecule has 5 N–H and O–H groups in total. The van der Waals surface area contributed by atoms with Gasteiger partial charge >= 0.3 is 20.2 Å². The molecule has 0 atom stereocenters. The third-order valence-corrected chi connectivity index (χ3v) is 5.87. The van der Waals surface area contributed by atoms with Crippen molar-refractivity contribution in [3.05, 3.63) is 58.7 Å². The van der Waals surface area contributed by atoms with Gasteiger partial charge in [0, 0.05) is 24.8 Å². The highest BCUT2D eigenvalue weighted by atomic mass is 16.5. The third-order valence-electron chi connectivity index (χ3n) is 5.87. The van der Waals surface area contributed by atoms with E-state index in [9.17, 15) is 19.6 Å². The van der Waals surface area contributed by atoms with Gasteiger partial charge in [-0.15, -0.1) is 0 Å². The number of aliphatic carboxylic acids is 1. The maximum absolute atomic E-state index is 11.9. The van der Waals surface area contributed by atoms with Crippen LogP contribution >= 0.6 is 0 Å². The molecular formula is C29H43B2NO7. The number of ketones is 1. The maximum atomic E-state index is 11.9. The Hall–Kier alpha value is -2.49. The Morgan fingerprint density at radius 2 is 1.23 bits per heavy atom. The first-order valence-corrected chi connectivity index (χ1v) is 13.4. The average Bonchev–Trinajstić information content (AvgIpc) is 3.38. The minimum atomic E-state index is -0.898. The number of carbonyl (C=O) groups is 2. The molecule has 0 aromatic heterocycles. The van der Waals surface area contributed by atoms with E-state index in [0.717, 1.165) is 33.2 Å². The smallest absolute Gasteiger partial charge is 0.481 e. The van der Waals surface area contributed by atoms with E-state index in [1.807, 2.05) is 57.2 Å². The second-order valence-electron chi connectivity index (χ2n) is 12.3. The third kappa shape index (κ3) is 11.6. The highest BCUT2D eigenvalue weighted by Gasteiger charge is 2.30. The molecule has 2 aliphatic rings. The van der Waals surface area contributed by atoms with Gasteiger partial charge in [0.2, 0.25) is 0 Å². The molecule has 0 spiro atoms. The SMILES string of the molecule is CC(C)(C)CC(=O)CCc1cccc2c1B(O)OC2.CC(C)(C)N.O=C(O)CCc1cccc2c1B(O)OC2. The standard InChI is InChI=1S/C15H21BO3.C10H11BO4.C4H11N/c1-15(2,3)9-13(17)8-7-11-5-4-6-12-10-19-16(18)14(11)12;12-9(13)5-4-7-2-1-3-8-6-15-11(14)10(7)8;1-4(2,3)5/h4-6,18H,7-10H2,1-3H3;1-3,14H,4-6H2,(H,12,13);5H2,1-3H3. The van der Waals surface area contributed by atoms with Crippen LogP contribution in [0.1, 0.15) is 83.1 Å². The highest BCUT2D eigenvalue weighted by Crippen LogP contribution is 2.21. The maximum Gasteiger partial charge on any atom is 0.492 e. The monoisotopic (exact) mass is 539 g/mol. The van der Waals surface area contributed by atoms with Gasteiger partial charge in [-0.2, -0.15) is 0 Å². The summed E-state index contributed by atoms with van der Waals surface area (Å²) in [7, 11) is -1.73. The molecule has 2 aromatic carbocycles. The zero-order valence-electron chi connectivity index (χ0n) is 24.1. The molecule has 0 amide bonds. The van der Waals surface area contributed by atoms with Crippen molar-refractivity contribution >= 4 is 36.9 Å². The van der Waals surface area contributed by atoms with E-state index in [0.29, 0.717) is 38.9 Å². The van der Waals surface area contributed by atoms with Gasteiger partial charge in [0.15, 0.2) is 0 Å². The molecule has 10 heteroatoms. The van der Waals surface area contributed by atoms with Crippen LogP contribution in [-0.2, 0) is 45.0 Å². The predicted octanol–water partition coefficient (Wildman–Crippen LogP) is 2.51. The number of benzene rings is 2. The molecule has 0 aliphatic carbocycles. The van der Waals surface area contributed by atoms with Crippen LogP contribution < -0.4 is 16.7 Å². The molecule has 39 heavy (non-hydrogen) atoms. The molecule has 0 saturated heterocycles. The van der Waals surface area contributed by atoms with Gasteiger partial charge in [-0.25, -0.2) is 0 Å². The largest absolute Gasteiger partial charge is 0.492 e. The van der Waals surface area contributed by atoms with Crippen molar-refractivity contribution in [2.45, 2.75) is 92.4 Å². The van der Waals surface area contributed by atoms with Crippen LogP contribution in [-0.4, -0.2) is 46.7 Å². The number of hydrogen-bond donors (Lipinski definition) is 4. The van der Waals surface area contributed by atoms with E-state index >= 15 is 0 Å². The normalized spacial score (nSPS) is 14.1. The number of aryl methyl sites for hydroxylation is 2. The molecule has 8 nitrogen and oxygen atoms in total. The van der Waals surface area contributed by atoms with Crippen molar-refractivity contribution < 1.29 is 34.1 Å². The van der Waals surface area contributed by atoms with Gasteiger partial charge in [0.05, 0.1) is 13.2 Å². The highest BCUT2D eigenvalue weighted by molar-refractivity contribution is 6.62. The summed E-state index contributed by atoms with van der Waals surface area (Å²) in [4.78, 5) is 22.4. The summed E-state index contributed by atoms with van der Waals surface area (Å²) in [6.07, 6.45) is 2.31. The second-order valence-corrected chi connectivity index (χ2v) is 12.3. The van der Waals surface area contributed by atoms with Crippen molar-refractivity contribution in [1.82, 2.24) is 0 Å². The first-order valence-electron chi connectivity index (χ1n) is 13.4. The summed E-state index contributed by atoms with van der Waals surface area (Å²) in [6.45, 7) is 13.0. The fraction of sp³-hybridized carbons (Fsp3) is 0.517. The lowest BCUT2D eigenvalue weighted by atomic mass is 9.75. The molecule has 0 radical (unpaired) electrons. The topological polar surface area (TPSA) is 139 Å². The Morgan fingerprint density at radius 3 is 1.62 bits per heavy atom. The first kappa shape index (κ1) is 32.7. The van der Waals surface area contributed by atoms with Crippen LogP contribution in [0.5, 0.6) is 0 Å². The number of hydrogen-bond acceptors (Lipinski definition) is 7. The minimum Gasteiger partial charge on any atom is -0.481 e. The number of fused-ring (bicyclic) bond motifs is 2. The van der Waals surface area contributed by atoms with Gasteiger partial charge in [-0.1, -0.05) is 57.2 Å². The Morgan fingerprint density at radius 1 is 0.821 bits per heavy atom. The lowest BCUT2D eigenvalue weighted by molar-refractivity contribution is -0.137. The summed E-state index contributed by atoms with van der Waals surface area (Å²) in [5.41, 5.74) is 10.9. The van der Waals surface area contributed by atoms with Crippen LogP contribution in [0.4, 0.5) is 0 Å². The van der Waals surface area contributed by atoms with E-state index in [-0.39, 0.29) is 23.2 Å². The zero-order valence-corrected chi connectivity index (χ0v) is 24.1. The molecule has 4 rings (SSSR count). The number of rotatable bonds is 7. The van der Waals surface area contributed by atoms with Crippen molar-refractivity contribution in [1.29, 1.82) is 0 Å². The van der Waals surface area contributed by atoms with E-state index in [1.54, 1.807) is 0 Å². The molecule has 2 heterocycles. The van der Waals surface area contributed by atoms with Crippen LogP contribution in [0.2, 0.25) is 0 Å². The Balaban J connectivity index is 0.000000238. The van der Waals surface area contributed by atoms with E-state index < -0.39 is 20.2 Å². The molecular weight excluding hydrogens is 496 g/mol. The summed E-state index contributed by atoms with van der Waals surface area (Å²) >= 11 is 0. The number of carbonyl (C=O) groups excluding carboxylic acids is 1. The number of nitrogens with two attached hydrogens (primary N) is 1. The fourth-order valence-corrected chi connectivity index (χ4v) is 4.35. The molecule has 2 aliphatic heterocycles. The van der Waals surface area contributed by atoms with E-state index in [4.69, 9.17) is 20.1 Å². The lowest BCUT2D eigenvalue weighted by Crippen LogP contribution is -2.31. The summed E-state index contributed by atoms with van der Waals surface area (Å²) < 4.78 is 10.3. The fourth-order valence-electron chi connectivity index (χ4n) is 4.35. The van der Waals surface area contributed by atoms with E-state index in [2.05, 4.69) is 20.8 Å². The summed E-state index contributed by atoms with van der Waals surface area (Å²) in [5.74, 6) is -0.556. The van der Waals surface area contributed by atoms with Crippen LogP contribution in [0.3, 0.4) is 0 Å². The molecule has 0 saturated carbocycles. The average molecular weight is 539 g/mol. The van der Waals surface area contributed by atoms with Gasteiger partial charge < -0.3 is 30.2 Å². The van der Waals surface area contributed by atoms with Crippen molar-refractivity contribution in [3.63, 3.8) is 0 Å². The first-order chi connectivity index (χ1) is 18.0. The molecule has 0 fully saturated rings.